The minimum atomic E-state index is -0.884. The van der Waals surface area contributed by atoms with Crippen LogP contribution in [0.3, 0.4) is 0 Å². The molecule has 0 amide bonds. The predicted octanol–water partition coefficient (Wildman–Crippen LogP) is 1.06. The Labute approximate surface area is 95.7 Å². The topological polar surface area (TPSA) is 65.0 Å². The fourth-order valence-corrected chi connectivity index (χ4v) is 1.61. The van der Waals surface area contributed by atoms with Crippen LogP contribution in [0.15, 0.2) is 0 Å². The number of ether oxygens (including phenoxy) is 3. The lowest BCUT2D eigenvalue weighted by atomic mass is 10.2. The molecule has 0 aliphatic carbocycles. The quantitative estimate of drug-likeness (QED) is 0.711. The largest absolute Gasteiger partial charge is 0.479 e. The second kappa shape index (κ2) is 6.83. The summed E-state index contributed by atoms with van der Waals surface area (Å²) < 4.78 is 16.0. The van der Waals surface area contributed by atoms with Gasteiger partial charge >= 0.3 is 5.97 Å². The van der Waals surface area contributed by atoms with Crippen LogP contribution >= 0.6 is 0 Å². The number of rotatable bonds is 7. The van der Waals surface area contributed by atoms with E-state index in [4.69, 9.17) is 19.3 Å². The highest BCUT2D eigenvalue weighted by Gasteiger charge is 2.30. The molecule has 3 unspecified atom stereocenters. The summed E-state index contributed by atoms with van der Waals surface area (Å²) >= 11 is 0. The van der Waals surface area contributed by atoms with Gasteiger partial charge in [0.1, 0.15) is 0 Å². The maximum absolute atomic E-state index is 10.6. The first kappa shape index (κ1) is 13.4. The minimum Gasteiger partial charge on any atom is -0.479 e. The molecule has 0 radical (unpaired) electrons. The van der Waals surface area contributed by atoms with Gasteiger partial charge in [0.25, 0.3) is 0 Å². The van der Waals surface area contributed by atoms with Gasteiger partial charge in [-0.25, -0.2) is 4.79 Å². The molecule has 0 spiro atoms. The first-order chi connectivity index (χ1) is 7.63. The Bertz CT molecular complexity index is 218. The molecule has 1 aliphatic heterocycles. The van der Waals surface area contributed by atoms with Gasteiger partial charge in [0.05, 0.1) is 25.4 Å². The van der Waals surface area contributed by atoms with Gasteiger partial charge in [-0.1, -0.05) is 0 Å². The fourth-order valence-electron chi connectivity index (χ4n) is 1.61. The van der Waals surface area contributed by atoms with E-state index in [1.807, 2.05) is 13.8 Å². The molecule has 0 aromatic heterocycles. The van der Waals surface area contributed by atoms with Gasteiger partial charge in [0, 0.05) is 6.61 Å². The molecule has 0 bridgehead atoms. The summed E-state index contributed by atoms with van der Waals surface area (Å²) in [5, 5.41) is 8.74. The van der Waals surface area contributed by atoms with Gasteiger partial charge in [0.2, 0.25) is 0 Å². The van der Waals surface area contributed by atoms with Crippen LogP contribution in [0.25, 0.3) is 0 Å². The van der Waals surface area contributed by atoms with Crippen LogP contribution in [0.4, 0.5) is 0 Å². The maximum Gasteiger partial charge on any atom is 0.332 e. The molecule has 0 saturated carbocycles. The maximum atomic E-state index is 10.6. The molecule has 1 fully saturated rings. The second-order valence-corrected chi connectivity index (χ2v) is 3.97. The molecule has 0 aromatic rings. The highest BCUT2D eigenvalue weighted by Crippen LogP contribution is 2.20. The Hall–Kier alpha value is -0.650. The average molecular weight is 232 g/mol. The van der Waals surface area contributed by atoms with Gasteiger partial charge in [-0.15, -0.1) is 0 Å². The zero-order chi connectivity index (χ0) is 12.0. The molecular formula is C11H20O5. The Morgan fingerprint density at radius 3 is 2.88 bits per heavy atom. The van der Waals surface area contributed by atoms with Crippen molar-refractivity contribution >= 4 is 5.97 Å². The Balaban J connectivity index is 2.12. The second-order valence-electron chi connectivity index (χ2n) is 3.97. The van der Waals surface area contributed by atoms with E-state index in [2.05, 4.69) is 0 Å². The first-order valence-electron chi connectivity index (χ1n) is 5.71. The van der Waals surface area contributed by atoms with Crippen LogP contribution in [-0.4, -0.2) is 49.2 Å². The number of carbonyl (C=O) groups is 1. The molecule has 1 N–H and O–H groups in total. The van der Waals surface area contributed by atoms with Crippen LogP contribution in [0.2, 0.25) is 0 Å². The van der Waals surface area contributed by atoms with Gasteiger partial charge in [-0.2, -0.15) is 0 Å². The van der Waals surface area contributed by atoms with E-state index in [1.54, 1.807) is 0 Å². The molecule has 94 valence electrons. The molecule has 5 heteroatoms. The van der Waals surface area contributed by atoms with Crippen molar-refractivity contribution in [1.29, 1.82) is 0 Å². The van der Waals surface area contributed by atoms with Crippen molar-refractivity contribution in [2.75, 3.05) is 19.8 Å². The molecule has 0 aromatic carbocycles. The molecular weight excluding hydrogens is 212 g/mol. The summed E-state index contributed by atoms with van der Waals surface area (Å²) in [5.41, 5.74) is 0. The van der Waals surface area contributed by atoms with E-state index in [0.29, 0.717) is 26.2 Å². The third-order valence-electron chi connectivity index (χ3n) is 2.51. The summed E-state index contributed by atoms with van der Waals surface area (Å²) in [5.74, 6) is -0.884. The smallest absolute Gasteiger partial charge is 0.332 e. The summed E-state index contributed by atoms with van der Waals surface area (Å²) in [7, 11) is 0. The van der Waals surface area contributed by atoms with Gasteiger partial charge in [-0.05, 0) is 26.7 Å². The summed E-state index contributed by atoms with van der Waals surface area (Å²) in [6.07, 6.45) is 0.593. The van der Waals surface area contributed by atoms with Crippen LogP contribution in [0.5, 0.6) is 0 Å². The zero-order valence-corrected chi connectivity index (χ0v) is 9.85. The molecule has 1 saturated heterocycles. The van der Waals surface area contributed by atoms with Crippen molar-refractivity contribution in [3.05, 3.63) is 0 Å². The van der Waals surface area contributed by atoms with Crippen molar-refractivity contribution in [2.24, 2.45) is 0 Å². The highest BCUT2D eigenvalue weighted by molar-refractivity contribution is 5.72. The van der Waals surface area contributed by atoms with Crippen molar-refractivity contribution in [3.8, 4) is 0 Å². The van der Waals surface area contributed by atoms with Crippen LogP contribution in [0, 0.1) is 0 Å². The van der Waals surface area contributed by atoms with Crippen LogP contribution in [0.1, 0.15) is 26.7 Å². The lowest BCUT2D eigenvalue weighted by molar-refractivity contribution is -0.151. The monoisotopic (exact) mass is 232 g/mol. The summed E-state index contributed by atoms with van der Waals surface area (Å²) in [6, 6.07) is 0. The third kappa shape index (κ3) is 4.47. The molecule has 1 aliphatic rings. The molecule has 5 nitrogen and oxygen atoms in total. The number of hydrogen-bond donors (Lipinski definition) is 1. The number of aliphatic carboxylic acids is 1. The standard InChI is InChI=1S/C11H20O5/c1-3-14-6-8(2)15-7-9-4-5-10(16-9)11(12)13/h8-10H,3-7H2,1-2H3,(H,12,13). The zero-order valence-electron chi connectivity index (χ0n) is 9.85. The first-order valence-corrected chi connectivity index (χ1v) is 5.71. The fraction of sp³-hybridized carbons (Fsp3) is 0.909. The van der Waals surface area contributed by atoms with E-state index in [9.17, 15) is 4.79 Å². The van der Waals surface area contributed by atoms with Crippen LogP contribution < -0.4 is 0 Å². The Kier molecular flexibility index (Phi) is 5.73. The molecule has 3 atom stereocenters. The lowest BCUT2D eigenvalue weighted by Crippen LogP contribution is -2.25. The summed E-state index contributed by atoms with van der Waals surface area (Å²) in [4.78, 5) is 10.6. The van der Waals surface area contributed by atoms with Gasteiger partial charge in [0.15, 0.2) is 6.10 Å². The van der Waals surface area contributed by atoms with Crippen molar-refractivity contribution < 1.29 is 24.1 Å². The molecule has 1 heterocycles. The van der Waals surface area contributed by atoms with E-state index < -0.39 is 12.1 Å². The number of carboxylic acid groups (broad SMARTS) is 1. The predicted molar refractivity (Wildman–Crippen MR) is 57.4 cm³/mol. The van der Waals surface area contributed by atoms with Crippen LogP contribution in [-0.2, 0) is 19.0 Å². The lowest BCUT2D eigenvalue weighted by Gasteiger charge is -2.16. The Morgan fingerprint density at radius 2 is 2.31 bits per heavy atom. The normalized spacial score (nSPS) is 26.9. The molecule has 1 rings (SSSR count). The number of carboxylic acids is 1. The average Bonchev–Trinajstić information content (AvgIpc) is 2.72. The van der Waals surface area contributed by atoms with Crippen molar-refractivity contribution in [1.82, 2.24) is 0 Å². The van der Waals surface area contributed by atoms with E-state index in [1.165, 1.54) is 0 Å². The minimum absolute atomic E-state index is 0.0208. The van der Waals surface area contributed by atoms with Crippen molar-refractivity contribution in [3.63, 3.8) is 0 Å². The number of hydrogen-bond acceptors (Lipinski definition) is 4. The van der Waals surface area contributed by atoms with E-state index >= 15 is 0 Å². The van der Waals surface area contributed by atoms with E-state index in [0.717, 1.165) is 6.42 Å². The van der Waals surface area contributed by atoms with Gasteiger partial charge in [-0.3, -0.25) is 0 Å². The summed E-state index contributed by atoms with van der Waals surface area (Å²) in [6.45, 7) is 5.54. The Morgan fingerprint density at radius 1 is 1.56 bits per heavy atom. The van der Waals surface area contributed by atoms with Gasteiger partial charge < -0.3 is 19.3 Å². The van der Waals surface area contributed by atoms with E-state index in [-0.39, 0.29) is 12.2 Å². The SMILES string of the molecule is CCOCC(C)OCC1CCC(C(=O)O)O1. The highest BCUT2D eigenvalue weighted by atomic mass is 16.6. The van der Waals surface area contributed by atoms with Crippen molar-refractivity contribution in [2.45, 2.75) is 45.0 Å². The molecule has 16 heavy (non-hydrogen) atoms. The third-order valence-corrected chi connectivity index (χ3v) is 2.51.